The van der Waals surface area contributed by atoms with Crippen molar-refractivity contribution in [1.29, 1.82) is 0 Å². The number of benzene rings is 1. The van der Waals surface area contributed by atoms with Gasteiger partial charge in [-0.25, -0.2) is 4.79 Å². The molecule has 0 radical (unpaired) electrons. The van der Waals surface area contributed by atoms with Crippen LogP contribution in [-0.2, 0) is 4.79 Å². The molecule has 1 aromatic carbocycles. The van der Waals surface area contributed by atoms with Crippen LogP contribution in [-0.4, -0.2) is 29.7 Å². The highest BCUT2D eigenvalue weighted by molar-refractivity contribution is 6.03. The van der Waals surface area contributed by atoms with E-state index in [9.17, 15) is 22.8 Å². The molecule has 0 saturated carbocycles. The molecule has 0 spiro atoms. The first-order chi connectivity index (χ1) is 8.29. The number of para-hydroxylation sites is 1. The van der Waals surface area contributed by atoms with Crippen molar-refractivity contribution in [2.75, 3.05) is 11.4 Å². The van der Waals surface area contributed by atoms with E-state index in [2.05, 4.69) is 0 Å². The van der Waals surface area contributed by atoms with Gasteiger partial charge in [0.1, 0.15) is 0 Å². The zero-order valence-corrected chi connectivity index (χ0v) is 9.36. The number of nitrogens with zero attached hydrogens (tertiary/aromatic N) is 1. The SMILES string of the molecule is CCN(C(=O)C(F)(F)F)c1ccccc1C(=O)O. The Morgan fingerprint density at radius 1 is 1.28 bits per heavy atom. The molecular weight excluding hydrogens is 251 g/mol. The van der Waals surface area contributed by atoms with E-state index in [-0.39, 0.29) is 17.8 Å². The topological polar surface area (TPSA) is 57.6 Å². The molecule has 0 aliphatic rings. The molecule has 0 aromatic heterocycles. The number of hydrogen-bond donors (Lipinski definition) is 1. The molecule has 0 fully saturated rings. The number of carbonyl (C=O) groups is 2. The summed E-state index contributed by atoms with van der Waals surface area (Å²) in [6.07, 6.45) is -5.04. The summed E-state index contributed by atoms with van der Waals surface area (Å²) in [6, 6.07) is 5.05. The predicted octanol–water partition coefficient (Wildman–Crippen LogP) is 2.30. The molecule has 1 N–H and O–H groups in total. The Morgan fingerprint density at radius 3 is 2.28 bits per heavy atom. The molecule has 0 saturated heterocycles. The maximum absolute atomic E-state index is 12.4. The van der Waals surface area contributed by atoms with Crippen molar-refractivity contribution in [2.24, 2.45) is 0 Å². The van der Waals surface area contributed by atoms with Crippen molar-refractivity contribution in [1.82, 2.24) is 0 Å². The van der Waals surface area contributed by atoms with Gasteiger partial charge in [-0.15, -0.1) is 0 Å². The standard InChI is InChI=1S/C11H10F3NO3/c1-2-15(10(18)11(12,13)14)8-6-4-3-5-7(8)9(16)17/h3-6H,2H2,1H3,(H,16,17). The van der Waals surface area contributed by atoms with Gasteiger partial charge in [-0.2, -0.15) is 13.2 Å². The van der Waals surface area contributed by atoms with Crippen molar-refractivity contribution in [3.8, 4) is 0 Å². The van der Waals surface area contributed by atoms with Gasteiger partial charge in [0.25, 0.3) is 0 Å². The van der Waals surface area contributed by atoms with E-state index in [1.54, 1.807) is 0 Å². The van der Waals surface area contributed by atoms with Crippen molar-refractivity contribution >= 4 is 17.6 Å². The van der Waals surface area contributed by atoms with E-state index < -0.39 is 18.1 Å². The van der Waals surface area contributed by atoms with E-state index in [0.717, 1.165) is 12.1 Å². The number of hydrogen-bond acceptors (Lipinski definition) is 2. The fourth-order valence-corrected chi connectivity index (χ4v) is 1.47. The molecule has 18 heavy (non-hydrogen) atoms. The third kappa shape index (κ3) is 2.79. The minimum atomic E-state index is -5.04. The fraction of sp³-hybridized carbons (Fsp3) is 0.273. The molecule has 98 valence electrons. The third-order valence-electron chi connectivity index (χ3n) is 2.23. The molecule has 0 heterocycles. The monoisotopic (exact) mass is 261 g/mol. The van der Waals surface area contributed by atoms with E-state index in [1.807, 2.05) is 0 Å². The average molecular weight is 261 g/mol. The molecule has 4 nitrogen and oxygen atoms in total. The minimum Gasteiger partial charge on any atom is -0.478 e. The normalized spacial score (nSPS) is 11.1. The van der Waals surface area contributed by atoms with Crippen LogP contribution >= 0.6 is 0 Å². The summed E-state index contributed by atoms with van der Waals surface area (Å²) in [4.78, 5) is 22.5. The molecular formula is C11H10F3NO3. The molecule has 0 aliphatic carbocycles. The number of rotatable bonds is 3. The summed E-state index contributed by atoms with van der Waals surface area (Å²) in [6.45, 7) is 1.06. The van der Waals surface area contributed by atoms with Crippen LogP contribution in [0.2, 0.25) is 0 Å². The second-order valence-electron chi connectivity index (χ2n) is 3.37. The molecule has 7 heteroatoms. The Balaban J connectivity index is 3.26. The smallest absolute Gasteiger partial charge is 0.471 e. The Labute approximate surface area is 101 Å². The average Bonchev–Trinajstić information content (AvgIpc) is 2.29. The van der Waals surface area contributed by atoms with Gasteiger partial charge in [0.05, 0.1) is 11.3 Å². The van der Waals surface area contributed by atoms with Crippen molar-refractivity contribution in [3.63, 3.8) is 0 Å². The lowest BCUT2D eigenvalue weighted by atomic mass is 10.1. The van der Waals surface area contributed by atoms with Crippen molar-refractivity contribution in [2.45, 2.75) is 13.1 Å². The first-order valence-electron chi connectivity index (χ1n) is 5.00. The lowest BCUT2D eigenvalue weighted by Gasteiger charge is -2.23. The number of alkyl halides is 3. The Kier molecular flexibility index (Phi) is 3.95. The Hall–Kier alpha value is -2.05. The summed E-state index contributed by atoms with van der Waals surface area (Å²) >= 11 is 0. The highest BCUT2D eigenvalue weighted by Crippen LogP contribution is 2.26. The quantitative estimate of drug-likeness (QED) is 0.908. The second kappa shape index (κ2) is 5.07. The van der Waals surface area contributed by atoms with Crippen LogP contribution in [0.3, 0.4) is 0 Å². The van der Waals surface area contributed by atoms with Gasteiger partial charge in [-0.1, -0.05) is 12.1 Å². The van der Waals surface area contributed by atoms with Gasteiger partial charge in [0, 0.05) is 6.54 Å². The zero-order chi connectivity index (χ0) is 13.9. The lowest BCUT2D eigenvalue weighted by molar-refractivity contribution is -0.170. The molecule has 1 aromatic rings. The summed E-state index contributed by atoms with van der Waals surface area (Å²) in [7, 11) is 0. The van der Waals surface area contributed by atoms with Gasteiger partial charge >= 0.3 is 18.1 Å². The van der Waals surface area contributed by atoms with E-state index in [4.69, 9.17) is 5.11 Å². The van der Waals surface area contributed by atoms with Crippen LogP contribution in [0.25, 0.3) is 0 Å². The van der Waals surface area contributed by atoms with Gasteiger partial charge < -0.3 is 10.0 Å². The van der Waals surface area contributed by atoms with E-state index in [0.29, 0.717) is 4.90 Å². The van der Waals surface area contributed by atoms with Crippen LogP contribution < -0.4 is 4.90 Å². The highest BCUT2D eigenvalue weighted by atomic mass is 19.4. The first-order valence-corrected chi connectivity index (χ1v) is 5.00. The molecule has 0 unspecified atom stereocenters. The number of aromatic carboxylic acids is 1. The van der Waals surface area contributed by atoms with Crippen molar-refractivity contribution < 1.29 is 27.9 Å². The summed E-state index contributed by atoms with van der Waals surface area (Å²) in [5.41, 5.74) is -0.619. The number of anilines is 1. The van der Waals surface area contributed by atoms with Gasteiger partial charge in [-0.3, -0.25) is 4.79 Å². The van der Waals surface area contributed by atoms with Crippen LogP contribution in [0, 0.1) is 0 Å². The summed E-state index contributed by atoms with van der Waals surface area (Å²) < 4.78 is 37.1. The molecule has 0 bridgehead atoms. The van der Waals surface area contributed by atoms with Gasteiger partial charge in [-0.05, 0) is 19.1 Å². The van der Waals surface area contributed by atoms with Gasteiger partial charge in [0.15, 0.2) is 0 Å². The molecule has 0 aliphatic heterocycles. The predicted molar refractivity (Wildman–Crippen MR) is 57.5 cm³/mol. The highest BCUT2D eigenvalue weighted by Gasteiger charge is 2.43. The number of carboxylic acid groups (broad SMARTS) is 1. The maximum atomic E-state index is 12.4. The molecule has 1 rings (SSSR count). The largest absolute Gasteiger partial charge is 0.478 e. The number of halogens is 3. The summed E-state index contributed by atoms with van der Waals surface area (Å²) in [5, 5.41) is 8.88. The Bertz CT molecular complexity index is 471. The molecule has 1 amide bonds. The van der Waals surface area contributed by atoms with Crippen molar-refractivity contribution in [3.05, 3.63) is 29.8 Å². The van der Waals surface area contributed by atoms with Crippen LogP contribution in [0.15, 0.2) is 24.3 Å². The lowest BCUT2D eigenvalue weighted by Crippen LogP contribution is -2.41. The van der Waals surface area contributed by atoms with Crippen LogP contribution in [0.1, 0.15) is 17.3 Å². The molecule has 0 atom stereocenters. The van der Waals surface area contributed by atoms with Gasteiger partial charge in [0.2, 0.25) is 0 Å². The maximum Gasteiger partial charge on any atom is 0.471 e. The minimum absolute atomic E-state index is 0.269. The second-order valence-corrected chi connectivity index (χ2v) is 3.37. The fourth-order valence-electron chi connectivity index (χ4n) is 1.47. The number of amides is 1. The third-order valence-corrected chi connectivity index (χ3v) is 2.23. The van der Waals surface area contributed by atoms with Crippen LogP contribution in [0.4, 0.5) is 18.9 Å². The first kappa shape index (κ1) is 14.0. The zero-order valence-electron chi connectivity index (χ0n) is 9.36. The van der Waals surface area contributed by atoms with E-state index in [1.165, 1.54) is 19.1 Å². The Morgan fingerprint density at radius 2 is 1.83 bits per heavy atom. The van der Waals surface area contributed by atoms with E-state index >= 15 is 0 Å². The number of carbonyl (C=O) groups excluding carboxylic acids is 1. The van der Waals surface area contributed by atoms with Crippen LogP contribution in [0.5, 0.6) is 0 Å². The number of carboxylic acids is 1. The summed E-state index contributed by atoms with van der Waals surface area (Å²) in [5.74, 6) is -3.47.